The van der Waals surface area contributed by atoms with Crippen LogP contribution in [-0.4, -0.2) is 61.5 Å². The quantitative estimate of drug-likeness (QED) is 0.387. The summed E-state index contributed by atoms with van der Waals surface area (Å²) in [6, 6.07) is 14.1. The van der Waals surface area contributed by atoms with Crippen molar-refractivity contribution in [3.8, 4) is 11.5 Å². The Kier molecular flexibility index (Phi) is 5.40. The van der Waals surface area contributed by atoms with Crippen LogP contribution in [0.15, 0.2) is 54.0 Å². The van der Waals surface area contributed by atoms with Gasteiger partial charge in [-0.1, -0.05) is 24.3 Å². The molecule has 5 aromatic rings. The molecule has 0 spiro atoms. The molecule has 0 atom stereocenters. The predicted octanol–water partition coefficient (Wildman–Crippen LogP) is 4.40. The number of nitrogens with one attached hydrogen (secondary N) is 1. The summed E-state index contributed by atoms with van der Waals surface area (Å²) in [4.78, 5) is 33.0. The number of piperazine rings is 1. The van der Waals surface area contributed by atoms with Crippen molar-refractivity contribution in [3.63, 3.8) is 0 Å². The molecule has 36 heavy (non-hydrogen) atoms. The minimum atomic E-state index is -4.66. The minimum Gasteiger partial charge on any atom is -0.358 e. The van der Waals surface area contributed by atoms with Gasteiger partial charge in [0.15, 0.2) is 5.82 Å². The number of carbonyl (C=O) groups excluding carboxylic acids is 1. The highest BCUT2D eigenvalue weighted by Crippen LogP contribution is 2.34. The van der Waals surface area contributed by atoms with Crippen molar-refractivity contribution in [2.24, 2.45) is 0 Å². The SMILES string of the molecule is O=C(Cn1c(C(F)(F)F)nc2ccccc21)N1CCN(c2scnc2-c2nc3ccccc3[nH]2)CC1. The van der Waals surface area contributed by atoms with E-state index in [1.165, 1.54) is 17.4 Å². The summed E-state index contributed by atoms with van der Waals surface area (Å²) in [5, 5.41) is 0.945. The van der Waals surface area contributed by atoms with Crippen LogP contribution in [0, 0.1) is 0 Å². The highest BCUT2D eigenvalue weighted by molar-refractivity contribution is 7.14. The average molecular weight is 512 g/mol. The van der Waals surface area contributed by atoms with Crippen LogP contribution in [-0.2, 0) is 17.5 Å². The van der Waals surface area contributed by atoms with Crippen LogP contribution >= 0.6 is 11.3 Å². The molecule has 1 aliphatic heterocycles. The number of aromatic nitrogens is 5. The molecular formula is C24H20F3N7OS. The summed E-state index contributed by atoms with van der Waals surface area (Å²) in [5.74, 6) is -0.751. The maximum Gasteiger partial charge on any atom is 0.449 e. The Balaban J connectivity index is 1.18. The molecule has 3 aromatic heterocycles. The second kappa shape index (κ2) is 8.63. The molecule has 184 valence electrons. The van der Waals surface area contributed by atoms with E-state index in [0.717, 1.165) is 26.3 Å². The third-order valence-corrected chi connectivity index (χ3v) is 7.17. The summed E-state index contributed by atoms with van der Waals surface area (Å²) < 4.78 is 41.8. The molecule has 0 radical (unpaired) electrons. The molecule has 0 aliphatic carbocycles. The average Bonchev–Trinajstić information content (AvgIpc) is 3.60. The Labute approximate surface area is 207 Å². The normalized spacial score (nSPS) is 14.8. The fourth-order valence-corrected chi connectivity index (χ4v) is 5.39. The van der Waals surface area contributed by atoms with E-state index in [1.807, 2.05) is 24.3 Å². The number of thiazole rings is 1. The Morgan fingerprint density at radius 2 is 1.69 bits per heavy atom. The number of imidazole rings is 2. The maximum absolute atomic E-state index is 13.6. The molecule has 1 saturated heterocycles. The number of hydrogen-bond acceptors (Lipinski definition) is 6. The molecule has 1 amide bonds. The fraction of sp³-hybridized carbons (Fsp3) is 0.250. The monoisotopic (exact) mass is 511 g/mol. The van der Waals surface area contributed by atoms with E-state index in [2.05, 4.69) is 24.8 Å². The molecule has 8 nitrogen and oxygen atoms in total. The van der Waals surface area contributed by atoms with Gasteiger partial charge in [0.25, 0.3) is 0 Å². The summed E-state index contributed by atoms with van der Waals surface area (Å²) in [6.45, 7) is 1.45. The van der Waals surface area contributed by atoms with E-state index < -0.39 is 18.5 Å². The van der Waals surface area contributed by atoms with Gasteiger partial charge in [0.05, 0.1) is 27.6 Å². The lowest BCUT2D eigenvalue weighted by molar-refractivity contribution is -0.148. The van der Waals surface area contributed by atoms with E-state index in [1.54, 1.807) is 28.6 Å². The van der Waals surface area contributed by atoms with Crippen molar-refractivity contribution < 1.29 is 18.0 Å². The highest BCUT2D eigenvalue weighted by Gasteiger charge is 2.38. The smallest absolute Gasteiger partial charge is 0.358 e. The number of anilines is 1. The van der Waals surface area contributed by atoms with E-state index in [9.17, 15) is 18.0 Å². The number of carbonyl (C=O) groups is 1. The van der Waals surface area contributed by atoms with Gasteiger partial charge in [-0.05, 0) is 24.3 Å². The number of alkyl halides is 3. The lowest BCUT2D eigenvalue weighted by atomic mass is 10.3. The zero-order valence-corrected chi connectivity index (χ0v) is 19.7. The van der Waals surface area contributed by atoms with Gasteiger partial charge in [-0.2, -0.15) is 13.2 Å². The van der Waals surface area contributed by atoms with Gasteiger partial charge in [-0.25, -0.2) is 15.0 Å². The van der Waals surface area contributed by atoms with Gasteiger partial charge in [0, 0.05) is 26.2 Å². The standard InChI is InChI=1S/C24H20F3N7OS/c25-24(26,27)23-31-17-7-3-4-8-18(17)34(23)13-19(35)32-9-11-33(12-10-32)22-20(28-14-36-22)21-29-15-5-1-2-6-16(15)30-21/h1-8,14H,9-13H2,(H,29,30). The van der Waals surface area contributed by atoms with Gasteiger partial charge in [0.2, 0.25) is 11.7 Å². The van der Waals surface area contributed by atoms with E-state index in [-0.39, 0.29) is 16.9 Å². The van der Waals surface area contributed by atoms with Gasteiger partial charge in [0.1, 0.15) is 17.2 Å². The van der Waals surface area contributed by atoms with Gasteiger partial charge in [-0.3, -0.25) is 4.79 Å². The summed E-state index contributed by atoms with van der Waals surface area (Å²) in [6.07, 6.45) is -4.66. The molecule has 6 rings (SSSR count). The lowest BCUT2D eigenvalue weighted by Crippen LogP contribution is -2.49. The maximum atomic E-state index is 13.6. The molecular weight excluding hydrogens is 491 g/mol. The van der Waals surface area contributed by atoms with Crippen LogP contribution in [0.1, 0.15) is 5.82 Å². The van der Waals surface area contributed by atoms with Crippen LogP contribution in [0.3, 0.4) is 0 Å². The number of benzene rings is 2. The first-order valence-corrected chi connectivity index (χ1v) is 12.2. The third-order valence-electron chi connectivity index (χ3n) is 6.28. The summed E-state index contributed by atoms with van der Waals surface area (Å²) in [5.41, 5.74) is 4.79. The Hall–Kier alpha value is -3.93. The van der Waals surface area contributed by atoms with Crippen molar-refractivity contribution in [2.45, 2.75) is 12.7 Å². The second-order valence-corrected chi connectivity index (χ2v) is 9.32. The predicted molar refractivity (Wildman–Crippen MR) is 131 cm³/mol. The van der Waals surface area contributed by atoms with Gasteiger partial charge in [-0.15, -0.1) is 11.3 Å². The van der Waals surface area contributed by atoms with Crippen molar-refractivity contribution >= 4 is 44.3 Å². The molecule has 12 heteroatoms. The van der Waals surface area contributed by atoms with Crippen molar-refractivity contribution in [3.05, 3.63) is 59.9 Å². The number of amides is 1. The number of hydrogen-bond donors (Lipinski definition) is 1. The number of nitrogens with zero attached hydrogens (tertiary/aromatic N) is 6. The van der Waals surface area contributed by atoms with Crippen molar-refractivity contribution in [1.82, 2.24) is 29.4 Å². The first-order valence-electron chi connectivity index (χ1n) is 11.3. The van der Waals surface area contributed by atoms with Gasteiger partial charge < -0.3 is 19.4 Å². The fourth-order valence-electron chi connectivity index (χ4n) is 4.54. The van der Waals surface area contributed by atoms with Gasteiger partial charge >= 0.3 is 6.18 Å². The third kappa shape index (κ3) is 3.96. The number of rotatable bonds is 4. The van der Waals surface area contributed by atoms with Crippen LogP contribution in [0.5, 0.6) is 0 Å². The number of H-pyrrole nitrogens is 1. The van der Waals surface area contributed by atoms with Crippen molar-refractivity contribution in [1.29, 1.82) is 0 Å². The number of para-hydroxylation sites is 4. The molecule has 0 unspecified atom stereocenters. The van der Waals surface area contributed by atoms with Crippen LogP contribution in [0.2, 0.25) is 0 Å². The largest absolute Gasteiger partial charge is 0.449 e. The van der Waals surface area contributed by atoms with E-state index in [0.29, 0.717) is 32.0 Å². The summed E-state index contributed by atoms with van der Waals surface area (Å²) in [7, 11) is 0. The van der Waals surface area contributed by atoms with Crippen LogP contribution in [0.4, 0.5) is 18.2 Å². The van der Waals surface area contributed by atoms with Crippen LogP contribution < -0.4 is 4.90 Å². The minimum absolute atomic E-state index is 0.214. The zero-order chi connectivity index (χ0) is 24.9. The van der Waals surface area contributed by atoms with E-state index in [4.69, 9.17) is 0 Å². The summed E-state index contributed by atoms with van der Waals surface area (Å²) >= 11 is 1.49. The zero-order valence-electron chi connectivity index (χ0n) is 18.9. The Morgan fingerprint density at radius 3 is 2.44 bits per heavy atom. The lowest BCUT2D eigenvalue weighted by Gasteiger charge is -2.35. The Morgan fingerprint density at radius 1 is 0.972 bits per heavy atom. The molecule has 4 heterocycles. The molecule has 1 aliphatic rings. The topological polar surface area (TPSA) is 82.9 Å². The number of aromatic amines is 1. The molecule has 1 fully saturated rings. The Bertz CT molecular complexity index is 1530. The second-order valence-electron chi connectivity index (χ2n) is 8.48. The molecule has 0 bridgehead atoms. The first kappa shape index (κ1) is 22.5. The number of halogens is 3. The van der Waals surface area contributed by atoms with E-state index >= 15 is 0 Å². The highest BCUT2D eigenvalue weighted by atomic mass is 32.1. The number of fused-ring (bicyclic) bond motifs is 2. The van der Waals surface area contributed by atoms with Crippen molar-refractivity contribution in [2.75, 3.05) is 31.1 Å². The first-order chi connectivity index (χ1) is 17.4. The molecule has 0 saturated carbocycles. The van der Waals surface area contributed by atoms with Crippen LogP contribution in [0.25, 0.3) is 33.6 Å². The molecule has 1 N–H and O–H groups in total. The molecule has 2 aromatic carbocycles.